The van der Waals surface area contributed by atoms with E-state index in [9.17, 15) is 14.4 Å². The SMILES string of the molecule is Cc1c(Oc2c(Cl)cc(-n3nc(C#N)c(=O)[nH]c3=O)cc2Cl)ccc2c1C1(CCC1)C(=O)N2. The molecule has 9 nitrogen and oxygen atoms in total. The molecule has 2 N–H and O–H groups in total. The quantitative estimate of drug-likeness (QED) is 0.585. The van der Waals surface area contributed by atoms with Crippen LogP contribution in [0.5, 0.6) is 11.5 Å². The molecule has 1 amide bonds. The van der Waals surface area contributed by atoms with Crippen molar-refractivity contribution in [3.8, 4) is 23.3 Å². The summed E-state index contributed by atoms with van der Waals surface area (Å²) in [4.78, 5) is 38.3. The summed E-state index contributed by atoms with van der Waals surface area (Å²) in [5.74, 6) is 0.669. The Balaban J connectivity index is 1.55. The number of nitriles is 1. The monoisotopic (exact) mass is 483 g/mol. The Kier molecular flexibility index (Phi) is 4.81. The van der Waals surface area contributed by atoms with E-state index in [0.29, 0.717) is 5.75 Å². The van der Waals surface area contributed by atoms with Gasteiger partial charge < -0.3 is 10.1 Å². The van der Waals surface area contributed by atoms with Crippen LogP contribution in [0.3, 0.4) is 0 Å². The average molecular weight is 484 g/mol. The number of ether oxygens (including phenoxy) is 1. The summed E-state index contributed by atoms with van der Waals surface area (Å²) < 4.78 is 6.88. The van der Waals surface area contributed by atoms with Crippen LogP contribution in [0, 0.1) is 18.3 Å². The number of aromatic nitrogens is 3. The highest BCUT2D eigenvalue weighted by Gasteiger charge is 2.52. The lowest BCUT2D eigenvalue weighted by atomic mass is 9.64. The maximum atomic E-state index is 12.6. The Hall–Kier alpha value is -3.61. The highest BCUT2D eigenvalue weighted by atomic mass is 35.5. The van der Waals surface area contributed by atoms with Crippen molar-refractivity contribution in [2.45, 2.75) is 31.6 Å². The fourth-order valence-corrected chi connectivity index (χ4v) is 4.96. The first-order valence-corrected chi connectivity index (χ1v) is 10.8. The van der Waals surface area contributed by atoms with Gasteiger partial charge in [-0.3, -0.25) is 14.6 Å². The van der Waals surface area contributed by atoms with E-state index in [1.165, 1.54) is 12.1 Å². The number of anilines is 1. The summed E-state index contributed by atoms with van der Waals surface area (Å²) in [6.07, 6.45) is 2.57. The highest BCUT2D eigenvalue weighted by Crippen LogP contribution is 2.54. The van der Waals surface area contributed by atoms with Gasteiger partial charge in [-0.25, -0.2) is 4.79 Å². The zero-order valence-electron chi connectivity index (χ0n) is 17.2. The standard InChI is InChI=1S/C22H15Cl2N5O4/c1-10-16(4-3-14-17(10)22(5-2-6-22)20(31)26-14)33-18-12(23)7-11(8-13(18)24)29-21(32)27-19(30)15(9-25)28-29/h3-4,7-8H,2,5-6H2,1H3,(H,26,31)(H,27,30,32). The molecule has 0 bridgehead atoms. The van der Waals surface area contributed by atoms with E-state index in [1.807, 2.05) is 11.9 Å². The molecule has 5 rings (SSSR count). The van der Waals surface area contributed by atoms with Gasteiger partial charge in [0.05, 0.1) is 21.1 Å². The van der Waals surface area contributed by atoms with Crippen molar-refractivity contribution < 1.29 is 9.53 Å². The molecule has 1 aliphatic heterocycles. The van der Waals surface area contributed by atoms with E-state index in [2.05, 4.69) is 10.4 Å². The van der Waals surface area contributed by atoms with Crippen molar-refractivity contribution in [2.24, 2.45) is 0 Å². The second-order valence-corrected chi connectivity index (χ2v) is 8.79. The molecule has 1 spiro atoms. The largest absolute Gasteiger partial charge is 0.454 e. The number of carbonyl (C=O) groups is 1. The summed E-state index contributed by atoms with van der Waals surface area (Å²) >= 11 is 12.8. The summed E-state index contributed by atoms with van der Waals surface area (Å²) in [6, 6.07) is 7.92. The molecule has 2 heterocycles. The predicted octanol–water partition coefficient (Wildman–Crippen LogP) is 3.57. The highest BCUT2D eigenvalue weighted by molar-refractivity contribution is 6.37. The second kappa shape index (κ2) is 7.47. The third-order valence-corrected chi connectivity index (χ3v) is 6.72. The van der Waals surface area contributed by atoms with Crippen molar-refractivity contribution in [3.05, 3.63) is 72.0 Å². The number of amides is 1. The van der Waals surface area contributed by atoms with Gasteiger partial charge in [-0.1, -0.05) is 29.6 Å². The second-order valence-electron chi connectivity index (χ2n) is 7.97. The van der Waals surface area contributed by atoms with Crippen LogP contribution in [-0.2, 0) is 10.2 Å². The van der Waals surface area contributed by atoms with Gasteiger partial charge in [0.2, 0.25) is 11.6 Å². The summed E-state index contributed by atoms with van der Waals surface area (Å²) in [5.41, 5.74) is -0.0439. The molecular formula is C22H15Cl2N5O4. The van der Waals surface area contributed by atoms with E-state index in [0.717, 1.165) is 40.8 Å². The lowest BCUT2D eigenvalue weighted by molar-refractivity contribution is -0.123. The Bertz CT molecular complexity index is 1490. The van der Waals surface area contributed by atoms with Crippen molar-refractivity contribution in [2.75, 3.05) is 5.32 Å². The van der Waals surface area contributed by atoms with Gasteiger partial charge in [-0.15, -0.1) is 5.10 Å². The Labute approximate surface area is 196 Å². The number of carbonyl (C=O) groups excluding carboxylic acids is 1. The Morgan fingerprint density at radius 1 is 1.18 bits per heavy atom. The van der Waals surface area contributed by atoms with Crippen molar-refractivity contribution in [1.29, 1.82) is 5.26 Å². The van der Waals surface area contributed by atoms with Gasteiger partial charge in [-0.2, -0.15) is 9.94 Å². The fourth-order valence-electron chi connectivity index (χ4n) is 4.41. The van der Waals surface area contributed by atoms with Crippen LogP contribution in [0.15, 0.2) is 33.9 Å². The van der Waals surface area contributed by atoms with Crippen LogP contribution in [0.2, 0.25) is 10.0 Å². The molecule has 2 aliphatic rings. The molecule has 0 saturated heterocycles. The number of hydrogen-bond donors (Lipinski definition) is 2. The molecule has 1 aromatic heterocycles. The number of nitrogens with zero attached hydrogens (tertiary/aromatic N) is 3. The van der Waals surface area contributed by atoms with Gasteiger partial charge in [0.1, 0.15) is 11.8 Å². The van der Waals surface area contributed by atoms with Crippen molar-refractivity contribution >= 4 is 34.8 Å². The summed E-state index contributed by atoms with van der Waals surface area (Å²) in [5, 5.41) is 15.9. The van der Waals surface area contributed by atoms with Gasteiger partial charge in [0.25, 0.3) is 5.56 Å². The first kappa shape index (κ1) is 21.2. The normalized spacial score (nSPS) is 15.5. The van der Waals surface area contributed by atoms with Crippen molar-refractivity contribution in [1.82, 2.24) is 14.8 Å². The zero-order valence-corrected chi connectivity index (χ0v) is 18.7. The molecule has 2 aromatic carbocycles. The van der Waals surface area contributed by atoms with Crippen LogP contribution in [-0.4, -0.2) is 20.7 Å². The van der Waals surface area contributed by atoms with Gasteiger partial charge in [0.15, 0.2) is 5.75 Å². The minimum atomic E-state index is -0.889. The van der Waals surface area contributed by atoms with E-state index in [4.69, 9.17) is 33.2 Å². The first-order chi connectivity index (χ1) is 15.7. The van der Waals surface area contributed by atoms with Crippen LogP contribution in [0.1, 0.15) is 36.1 Å². The minimum Gasteiger partial charge on any atom is -0.454 e. The number of halogens is 2. The number of hydrogen-bond acceptors (Lipinski definition) is 6. The van der Waals surface area contributed by atoms with Gasteiger partial charge >= 0.3 is 5.69 Å². The summed E-state index contributed by atoms with van der Waals surface area (Å²) in [6.45, 7) is 1.89. The van der Waals surface area contributed by atoms with Crippen LogP contribution >= 0.6 is 23.2 Å². The molecule has 3 aromatic rings. The van der Waals surface area contributed by atoms with Crippen LogP contribution in [0.4, 0.5) is 5.69 Å². The molecule has 1 aliphatic carbocycles. The van der Waals surface area contributed by atoms with E-state index < -0.39 is 22.4 Å². The maximum absolute atomic E-state index is 12.6. The third kappa shape index (κ3) is 3.14. The minimum absolute atomic E-state index is 0.0139. The number of H-pyrrole nitrogens is 1. The van der Waals surface area contributed by atoms with Crippen LogP contribution < -0.4 is 21.3 Å². The maximum Gasteiger partial charge on any atom is 0.349 e. The number of nitrogens with one attached hydrogen (secondary N) is 2. The van der Waals surface area contributed by atoms with E-state index in [1.54, 1.807) is 18.2 Å². The summed E-state index contributed by atoms with van der Waals surface area (Å²) in [7, 11) is 0. The average Bonchev–Trinajstić information content (AvgIpc) is 3.05. The van der Waals surface area contributed by atoms with E-state index in [-0.39, 0.29) is 27.4 Å². The first-order valence-electron chi connectivity index (χ1n) is 10.0. The van der Waals surface area contributed by atoms with E-state index >= 15 is 0 Å². The topological polar surface area (TPSA) is 130 Å². The molecular weight excluding hydrogens is 469 g/mol. The lowest BCUT2D eigenvalue weighted by Crippen LogP contribution is -2.41. The van der Waals surface area contributed by atoms with Gasteiger partial charge in [-0.05, 0) is 55.2 Å². The molecule has 0 unspecified atom stereocenters. The predicted molar refractivity (Wildman–Crippen MR) is 121 cm³/mol. The molecule has 0 radical (unpaired) electrons. The molecule has 1 fully saturated rings. The number of fused-ring (bicyclic) bond motifs is 2. The molecule has 166 valence electrons. The molecule has 1 saturated carbocycles. The van der Waals surface area contributed by atoms with Gasteiger partial charge in [0, 0.05) is 5.69 Å². The van der Waals surface area contributed by atoms with Crippen molar-refractivity contribution in [3.63, 3.8) is 0 Å². The number of aromatic amines is 1. The molecule has 33 heavy (non-hydrogen) atoms. The Morgan fingerprint density at radius 3 is 2.48 bits per heavy atom. The number of benzene rings is 2. The molecule has 0 atom stereocenters. The smallest absolute Gasteiger partial charge is 0.349 e. The van der Waals surface area contributed by atoms with Crippen LogP contribution in [0.25, 0.3) is 5.69 Å². The Morgan fingerprint density at radius 2 is 1.88 bits per heavy atom. The molecule has 11 heteroatoms. The lowest BCUT2D eigenvalue weighted by Gasteiger charge is -2.37. The third-order valence-electron chi connectivity index (χ3n) is 6.16. The fraction of sp³-hybridized carbons (Fsp3) is 0.227. The number of rotatable bonds is 3. The zero-order chi connectivity index (χ0) is 23.5.